The van der Waals surface area contributed by atoms with Gasteiger partial charge in [-0.25, -0.2) is 14.6 Å². The van der Waals surface area contributed by atoms with E-state index in [0.29, 0.717) is 25.3 Å². The topological polar surface area (TPSA) is 167 Å². The van der Waals surface area contributed by atoms with Gasteiger partial charge < -0.3 is 35.2 Å². The largest absolute Gasteiger partial charge is 0.508 e. The maximum absolute atomic E-state index is 14.2. The summed E-state index contributed by atoms with van der Waals surface area (Å²) in [5.74, 6) is -3.63. The number of carbonyl (C=O) groups is 4. The summed E-state index contributed by atoms with van der Waals surface area (Å²) in [6, 6.07) is 2.00. The Morgan fingerprint density at radius 1 is 1.12 bits per heavy atom. The van der Waals surface area contributed by atoms with E-state index in [9.17, 15) is 42.6 Å². The highest BCUT2D eigenvalue weighted by molar-refractivity contribution is 5.96. The monoisotopic (exact) mass is 676 g/mol. The summed E-state index contributed by atoms with van der Waals surface area (Å²) >= 11 is 0. The first-order valence-electron chi connectivity index (χ1n) is 15.9. The first kappa shape index (κ1) is 34.8. The van der Waals surface area contributed by atoms with Crippen LogP contribution in [0.3, 0.4) is 0 Å². The van der Waals surface area contributed by atoms with Gasteiger partial charge in [0.2, 0.25) is 11.8 Å². The summed E-state index contributed by atoms with van der Waals surface area (Å²) in [7, 11) is 0. The lowest BCUT2D eigenvalue weighted by atomic mass is 10.0. The quantitative estimate of drug-likeness (QED) is 0.336. The molecule has 260 valence electrons. The van der Waals surface area contributed by atoms with Gasteiger partial charge in [0.05, 0.1) is 12.1 Å². The number of nitrogens with zero attached hydrogens (tertiary/aromatic N) is 2. The molecule has 1 aromatic carbocycles. The third-order valence-electron chi connectivity index (χ3n) is 8.65. The average Bonchev–Trinajstić information content (AvgIpc) is 3.51. The van der Waals surface area contributed by atoms with E-state index < -0.39 is 71.0 Å². The molecule has 0 bridgehead atoms. The van der Waals surface area contributed by atoms with Crippen LogP contribution in [0.2, 0.25) is 0 Å². The minimum Gasteiger partial charge on any atom is -0.508 e. The molecule has 2 aromatic rings. The van der Waals surface area contributed by atoms with Crippen LogP contribution in [0, 0.1) is 5.92 Å². The van der Waals surface area contributed by atoms with E-state index in [1.807, 2.05) is 6.08 Å². The predicted molar refractivity (Wildman–Crippen MR) is 165 cm³/mol. The number of alkyl carbamates (subject to hydrolysis) is 1. The van der Waals surface area contributed by atoms with Crippen molar-refractivity contribution in [2.75, 3.05) is 6.54 Å². The lowest BCUT2D eigenvalue weighted by Gasteiger charge is -2.30. The van der Waals surface area contributed by atoms with Crippen LogP contribution in [0.25, 0.3) is 10.9 Å². The summed E-state index contributed by atoms with van der Waals surface area (Å²) in [6.45, 7) is 4.74. The molecule has 2 aliphatic heterocycles. The van der Waals surface area contributed by atoms with E-state index in [-0.39, 0.29) is 48.2 Å². The van der Waals surface area contributed by atoms with Crippen molar-refractivity contribution in [1.29, 1.82) is 0 Å². The van der Waals surface area contributed by atoms with Crippen LogP contribution in [-0.2, 0) is 25.3 Å². The third kappa shape index (κ3) is 7.76. The number of aliphatic carboxylic acids is 1. The van der Waals surface area contributed by atoms with Gasteiger partial charge in [-0.2, -0.15) is 13.2 Å². The van der Waals surface area contributed by atoms with Crippen LogP contribution in [0.1, 0.15) is 71.4 Å². The number of nitrogens with one attached hydrogen (secondary N) is 2. The molecule has 15 heteroatoms. The lowest BCUT2D eigenvalue weighted by molar-refractivity contribution is -0.145. The second-order valence-corrected chi connectivity index (χ2v) is 13.5. The van der Waals surface area contributed by atoms with Crippen molar-refractivity contribution in [1.82, 2.24) is 20.5 Å². The van der Waals surface area contributed by atoms with Gasteiger partial charge in [-0.05, 0) is 58.6 Å². The maximum Gasteiger partial charge on any atom is 0.433 e. The number of phenols is 1. The van der Waals surface area contributed by atoms with Crippen molar-refractivity contribution in [2.24, 2.45) is 5.92 Å². The number of alkyl halides is 3. The summed E-state index contributed by atoms with van der Waals surface area (Å²) < 4.78 is 52.8. The summed E-state index contributed by atoms with van der Waals surface area (Å²) in [6.07, 6.45) is -0.185. The van der Waals surface area contributed by atoms with Gasteiger partial charge in [-0.15, -0.1) is 0 Å². The molecule has 3 aliphatic rings. The van der Waals surface area contributed by atoms with Crippen LogP contribution >= 0.6 is 0 Å². The fourth-order valence-electron chi connectivity index (χ4n) is 6.20. The van der Waals surface area contributed by atoms with E-state index in [2.05, 4.69) is 15.6 Å². The van der Waals surface area contributed by atoms with E-state index >= 15 is 0 Å². The Bertz CT molecular complexity index is 1620. The number of aromatic nitrogens is 1. The van der Waals surface area contributed by atoms with Gasteiger partial charge in [0.1, 0.15) is 46.5 Å². The number of halogens is 3. The molecule has 0 spiro atoms. The first-order valence-corrected chi connectivity index (χ1v) is 15.9. The molecular weight excluding hydrogens is 637 g/mol. The van der Waals surface area contributed by atoms with Crippen LogP contribution < -0.4 is 15.4 Å². The third-order valence-corrected chi connectivity index (χ3v) is 8.65. The molecule has 1 aromatic heterocycles. The van der Waals surface area contributed by atoms with E-state index in [1.54, 1.807) is 26.8 Å². The zero-order valence-electron chi connectivity index (χ0n) is 26.8. The maximum atomic E-state index is 14.2. The van der Waals surface area contributed by atoms with E-state index in [0.717, 1.165) is 12.5 Å². The number of ether oxygens (including phenoxy) is 2. The Labute approximate surface area is 274 Å². The van der Waals surface area contributed by atoms with E-state index in [1.165, 1.54) is 17.0 Å². The SMILES string of the molecule is CC(C)(C)OC(=O)N[C@H]1CCCCC/C=C\C2C[C@@]2(C(=O)O)NC(=O)[C@@H]2C[C@@H](Oc3cc(C(F)(F)F)nc4cc(O)ccc34)CN2C1=O. The molecule has 2 fully saturated rings. The second kappa shape index (κ2) is 13.2. The van der Waals surface area contributed by atoms with Crippen molar-refractivity contribution in [3.05, 3.63) is 42.1 Å². The molecule has 3 heterocycles. The molecule has 0 radical (unpaired) electrons. The number of hydrogen-bond acceptors (Lipinski definition) is 8. The van der Waals surface area contributed by atoms with Crippen molar-refractivity contribution in [2.45, 2.75) is 101 Å². The smallest absolute Gasteiger partial charge is 0.433 e. The number of rotatable bonds is 4. The molecule has 1 saturated heterocycles. The average molecular weight is 677 g/mol. The molecule has 1 aliphatic carbocycles. The number of aromatic hydroxyl groups is 1. The molecule has 5 atom stereocenters. The van der Waals surface area contributed by atoms with Crippen LogP contribution in [0.4, 0.5) is 18.0 Å². The zero-order chi connectivity index (χ0) is 35.0. The van der Waals surface area contributed by atoms with Gasteiger partial charge in [-0.1, -0.05) is 25.0 Å². The number of amides is 3. The summed E-state index contributed by atoms with van der Waals surface area (Å²) in [5, 5.41) is 25.3. The summed E-state index contributed by atoms with van der Waals surface area (Å²) in [4.78, 5) is 57.9. The van der Waals surface area contributed by atoms with E-state index in [4.69, 9.17) is 9.47 Å². The Morgan fingerprint density at radius 3 is 2.56 bits per heavy atom. The lowest BCUT2D eigenvalue weighted by Crippen LogP contribution is -2.56. The number of benzene rings is 1. The molecular formula is C33H39F3N4O8. The first-order chi connectivity index (χ1) is 22.5. The Balaban J connectivity index is 1.49. The molecule has 12 nitrogen and oxygen atoms in total. The van der Waals surface area contributed by atoms with Crippen molar-refractivity contribution < 1.29 is 52.0 Å². The standard InChI is InChI=1S/C33H39F3N4O8/c1-31(2,3)48-30(46)38-22-10-8-6-4-5-7-9-18-16-32(18,29(44)45)39-27(42)24-14-20(17-40(24)28(22)43)47-25-15-26(33(34,35)36)37-23-13-19(41)11-12-21(23)25/h7,9,11-13,15,18,20,22,24,41H,4-6,8,10,14,16-17H2,1-3H3,(H,38,46)(H,39,42)(H,44,45)/b9-7-/t18?,20-,22+,24+,32-/m1/s1. The van der Waals surface area contributed by atoms with Gasteiger partial charge in [-0.3, -0.25) is 9.59 Å². The molecule has 3 amide bonds. The van der Waals surface area contributed by atoms with Gasteiger partial charge >= 0.3 is 18.2 Å². The molecule has 1 unspecified atom stereocenters. The zero-order valence-corrected chi connectivity index (χ0v) is 26.8. The van der Waals surface area contributed by atoms with Crippen LogP contribution in [0.15, 0.2) is 36.4 Å². The molecule has 1 saturated carbocycles. The highest BCUT2D eigenvalue weighted by Crippen LogP contribution is 2.45. The van der Waals surface area contributed by atoms with Gasteiger partial charge in [0.25, 0.3) is 0 Å². The molecule has 5 rings (SSSR count). The number of carbonyl (C=O) groups excluding carboxylic acids is 3. The van der Waals surface area contributed by atoms with Crippen molar-refractivity contribution in [3.63, 3.8) is 0 Å². The molecule has 4 N–H and O–H groups in total. The number of phenolic OH excluding ortho intramolecular Hbond substituents is 1. The Kier molecular flexibility index (Phi) is 9.53. The van der Waals surface area contributed by atoms with Gasteiger partial charge in [0.15, 0.2) is 0 Å². The molecule has 48 heavy (non-hydrogen) atoms. The van der Waals surface area contributed by atoms with Gasteiger partial charge in [0, 0.05) is 29.9 Å². The summed E-state index contributed by atoms with van der Waals surface area (Å²) in [5.41, 5.74) is -3.88. The normalized spacial score (nSPS) is 27.5. The van der Waals surface area contributed by atoms with Crippen LogP contribution in [-0.4, -0.2) is 79.8 Å². The van der Waals surface area contributed by atoms with Crippen molar-refractivity contribution in [3.8, 4) is 11.5 Å². The fraction of sp³-hybridized carbons (Fsp3) is 0.545. The fourth-order valence-corrected chi connectivity index (χ4v) is 6.20. The van der Waals surface area contributed by atoms with Crippen molar-refractivity contribution >= 4 is 34.8 Å². The second-order valence-electron chi connectivity index (χ2n) is 13.5. The number of carboxylic acid groups (broad SMARTS) is 1. The number of fused-ring (bicyclic) bond motifs is 3. The predicted octanol–water partition coefficient (Wildman–Crippen LogP) is 4.68. The Hall–Kier alpha value is -4.56. The Morgan fingerprint density at radius 2 is 1.88 bits per heavy atom. The minimum atomic E-state index is -4.85. The number of hydrogen-bond donors (Lipinski definition) is 4. The number of pyridine rings is 1. The minimum absolute atomic E-state index is 0.156. The highest BCUT2D eigenvalue weighted by Gasteiger charge is 2.61. The van der Waals surface area contributed by atoms with Crippen LogP contribution in [0.5, 0.6) is 11.5 Å². The number of carboxylic acids is 1. The number of allylic oxidation sites excluding steroid dienone is 1. The highest BCUT2D eigenvalue weighted by atomic mass is 19.4.